The average Bonchev–Trinajstić information content (AvgIpc) is 3.07. The summed E-state index contributed by atoms with van der Waals surface area (Å²) in [6.45, 7) is 0. The Balaban J connectivity index is 1.31. The van der Waals surface area contributed by atoms with Crippen molar-refractivity contribution in [2.24, 2.45) is 0 Å². The monoisotopic (exact) mass is 586 g/mol. The first-order valence-corrected chi connectivity index (χ1v) is 17.7. The van der Waals surface area contributed by atoms with Gasteiger partial charge in [-0.25, -0.2) is 0 Å². The molecule has 212 valence electrons. The third kappa shape index (κ3) is 6.38. The summed E-state index contributed by atoms with van der Waals surface area (Å²) in [7, 11) is 3.40. The third-order valence-electron chi connectivity index (χ3n) is 8.52. The number of para-hydroxylation sites is 1. The molecule has 2 unspecified atom stereocenters. The van der Waals surface area contributed by atoms with E-state index in [0.717, 1.165) is 0 Å². The highest BCUT2D eigenvalue weighted by molar-refractivity contribution is 7.74. The van der Waals surface area contributed by atoms with E-state index in [4.69, 9.17) is 0 Å². The van der Waals surface area contributed by atoms with Crippen LogP contribution in [0.3, 0.4) is 0 Å². The van der Waals surface area contributed by atoms with Gasteiger partial charge in [-0.3, -0.25) is 4.67 Å². The number of nitrogens with zero attached hydrogens (tertiary/aromatic N) is 2. The quantitative estimate of drug-likeness (QED) is 0.161. The largest absolute Gasteiger partial charge is 0.346 e. The first kappa shape index (κ1) is 28.8. The maximum atomic E-state index is 2.72. The van der Waals surface area contributed by atoms with Crippen LogP contribution in [-0.2, 0) is 0 Å². The van der Waals surface area contributed by atoms with Gasteiger partial charge in [-0.1, -0.05) is 146 Å². The minimum atomic E-state index is -0.694. The van der Waals surface area contributed by atoms with E-state index in [1.807, 2.05) is 0 Å². The van der Waals surface area contributed by atoms with Crippen LogP contribution in [0.2, 0.25) is 0 Å². The molecule has 4 heteroatoms. The summed E-state index contributed by atoms with van der Waals surface area (Å²) < 4.78 is 5.29. The average molecular weight is 587 g/mol. The number of rotatable bonds is 9. The molecule has 0 aromatic heterocycles. The lowest BCUT2D eigenvalue weighted by molar-refractivity contribution is 0.276. The summed E-state index contributed by atoms with van der Waals surface area (Å²) in [5, 5.41) is 5.63. The molecule has 0 heterocycles. The second-order valence-electron chi connectivity index (χ2n) is 11.1. The number of hydrogen-bond donors (Lipinski definition) is 0. The van der Waals surface area contributed by atoms with E-state index in [2.05, 4.69) is 169 Å². The Bertz CT molecular complexity index is 1450. The van der Waals surface area contributed by atoms with Crippen LogP contribution in [0.4, 0.5) is 5.69 Å². The van der Waals surface area contributed by atoms with Crippen molar-refractivity contribution in [2.75, 3.05) is 18.8 Å². The molecule has 1 aliphatic carbocycles. The summed E-state index contributed by atoms with van der Waals surface area (Å²) in [6.07, 6.45) is 4.95. The van der Waals surface area contributed by atoms with Crippen molar-refractivity contribution in [1.29, 1.82) is 0 Å². The Morgan fingerprint density at radius 1 is 0.500 bits per heavy atom. The molecule has 5 aromatic rings. The number of anilines is 1. The molecule has 0 aliphatic heterocycles. The lowest BCUT2D eigenvalue weighted by atomic mass is 9.81. The topological polar surface area (TPSA) is 6.48 Å². The van der Waals surface area contributed by atoms with Gasteiger partial charge in [-0.15, -0.1) is 0 Å². The summed E-state index contributed by atoms with van der Waals surface area (Å²) in [5.41, 5.74) is 2.87. The summed E-state index contributed by atoms with van der Waals surface area (Å²) in [4.78, 5) is 0. The highest BCUT2D eigenvalue weighted by Crippen LogP contribution is 2.48. The number of benzene rings is 5. The van der Waals surface area contributed by atoms with Crippen molar-refractivity contribution in [3.63, 3.8) is 0 Å². The van der Waals surface area contributed by atoms with E-state index in [9.17, 15) is 0 Å². The predicted octanol–water partition coefficient (Wildman–Crippen LogP) is 8.18. The fourth-order valence-electron chi connectivity index (χ4n) is 6.47. The van der Waals surface area contributed by atoms with E-state index >= 15 is 0 Å². The summed E-state index contributed by atoms with van der Waals surface area (Å²) >= 11 is 0. The molecule has 2 atom stereocenters. The van der Waals surface area contributed by atoms with E-state index in [1.54, 1.807) is 0 Å². The lowest BCUT2D eigenvalue weighted by Crippen LogP contribution is -2.37. The van der Waals surface area contributed by atoms with Crippen LogP contribution < -0.4 is 25.9 Å². The maximum absolute atomic E-state index is 2.72. The molecule has 1 saturated carbocycles. The fourth-order valence-corrected chi connectivity index (χ4v) is 11.2. The first-order chi connectivity index (χ1) is 20.7. The van der Waals surface area contributed by atoms with Crippen molar-refractivity contribution in [2.45, 2.75) is 37.6 Å². The van der Waals surface area contributed by atoms with Crippen LogP contribution in [0.1, 0.15) is 37.2 Å². The Kier molecular flexibility index (Phi) is 9.47. The molecular weight excluding hydrogens is 546 g/mol. The Morgan fingerprint density at radius 3 is 1.43 bits per heavy atom. The van der Waals surface area contributed by atoms with Crippen LogP contribution in [0.5, 0.6) is 0 Å². The molecule has 2 nitrogen and oxygen atoms in total. The molecule has 0 bridgehead atoms. The molecule has 0 spiro atoms. The Hall–Kier alpha value is -3.28. The van der Waals surface area contributed by atoms with Gasteiger partial charge in [0.05, 0.1) is 8.07 Å². The zero-order chi connectivity index (χ0) is 28.7. The second-order valence-corrected chi connectivity index (χ2v) is 15.7. The molecule has 6 rings (SSSR count). The van der Waals surface area contributed by atoms with Crippen molar-refractivity contribution in [3.05, 3.63) is 151 Å². The van der Waals surface area contributed by atoms with Gasteiger partial charge in [-0.05, 0) is 54.5 Å². The van der Waals surface area contributed by atoms with E-state index in [0.29, 0.717) is 12.0 Å². The van der Waals surface area contributed by atoms with Crippen LogP contribution in [0.15, 0.2) is 146 Å². The van der Waals surface area contributed by atoms with Crippen LogP contribution in [-0.4, -0.2) is 24.8 Å². The van der Waals surface area contributed by atoms with E-state index < -0.39 is 16.1 Å². The van der Waals surface area contributed by atoms with Gasteiger partial charge in [0.25, 0.3) is 0 Å². The van der Waals surface area contributed by atoms with E-state index in [-0.39, 0.29) is 0 Å². The highest BCUT2D eigenvalue weighted by atomic mass is 31.1. The second kappa shape index (κ2) is 13.8. The van der Waals surface area contributed by atoms with Gasteiger partial charge < -0.3 is 4.67 Å². The summed E-state index contributed by atoms with van der Waals surface area (Å²) in [6, 6.07) is 54.1. The Morgan fingerprint density at radius 2 is 0.929 bits per heavy atom. The molecule has 1 fully saturated rings. The number of hydrogen-bond acceptors (Lipinski definition) is 2. The minimum absolute atomic E-state index is 0.539. The molecule has 0 amide bonds. The third-order valence-corrected chi connectivity index (χ3v) is 13.4. The molecule has 5 aromatic carbocycles. The van der Waals surface area contributed by atoms with Gasteiger partial charge in [0.1, 0.15) is 0 Å². The maximum Gasteiger partial charge on any atom is 0.0547 e. The van der Waals surface area contributed by atoms with Crippen LogP contribution in [0, 0.1) is 0 Å². The van der Waals surface area contributed by atoms with Gasteiger partial charge in [0.15, 0.2) is 0 Å². The van der Waals surface area contributed by atoms with Gasteiger partial charge in [0, 0.05) is 37.5 Å². The van der Waals surface area contributed by atoms with Crippen molar-refractivity contribution < 1.29 is 0 Å². The highest BCUT2D eigenvalue weighted by Gasteiger charge is 2.33. The molecule has 0 radical (unpaired) electrons. The molecular formula is C38H40N2P2. The first-order valence-electron chi connectivity index (χ1n) is 15.1. The Labute approximate surface area is 254 Å². The lowest BCUT2D eigenvalue weighted by Gasteiger charge is -2.41. The fraction of sp³-hybridized carbons (Fsp3) is 0.211. The SMILES string of the molecule is CN(c1ccccc1C1CCCC(N(C)P(c2ccccc2)c2ccccc2)C1)P(c1ccccc1)c1ccccc1. The molecule has 42 heavy (non-hydrogen) atoms. The van der Waals surface area contributed by atoms with Gasteiger partial charge in [0.2, 0.25) is 0 Å². The van der Waals surface area contributed by atoms with Crippen molar-refractivity contribution in [3.8, 4) is 0 Å². The molecule has 1 aliphatic rings. The van der Waals surface area contributed by atoms with Crippen molar-refractivity contribution in [1.82, 2.24) is 4.67 Å². The zero-order valence-electron chi connectivity index (χ0n) is 24.6. The van der Waals surface area contributed by atoms with Gasteiger partial charge >= 0.3 is 0 Å². The van der Waals surface area contributed by atoms with Crippen molar-refractivity contribution >= 4 is 43.1 Å². The van der Waals surface area contributed by atoms with Crippen LogP contribution in [0.25, 0.3) is 0 Å². The van der Waals surface area contributed by atoms with E-state index in [1.165, 1.54) is 58.2 Å². The van der Waals surface area contributed by atoms with Crippen LogP contribution >= 0.6 is 16.1 Å². The molecule has 0 saturated heterocycles. The minimum Gasteiger partial charge on any atom is -0.346 e. The molecule has 0 N–H and O–H groups in total. The predicted molar refractivity (Wildman–Crippen MR) is 186 cm³/mol. The summed E-state index contributed by atoms with van der Waals surface area (Å²) in [5.74, 6) is 0.539. The zero-order valence-corrected chi connectivity index (χ0v) is 26.4. The standard InChI is InChI=1S/C38H40N2P2/c1-39(41(33-20-7-3-8-21-33)34-22-9-4-10-23-34)32-19-17-18-31(30-32)37-28-15-16-29-38(37)40(2)42(35-24-11-5-12-25-35)36-26-13-6-14-27-36/h3-16,20-29,31-32H,17-19,30H2,1-2H3. The van der Waals surface area contributed by atoms with Gasteiger partial charge in [-0.2, -0.15) is 0 Å². The smallest absolute Gasteiger partial charge is 0.0547 e. The normalized spacial score (nSPS) is 17.1.